The zero-order chi connectivity index (χ0) is 22.4. The van der Waals surface area contributed by atoms with Crippen molar-refractivity contribution in [1.82, 2.24) is 9.38 Å². The first-order chi connectivity index (χ1) is 15.4. The van der Waals surface area contributed by atoms with E-state index in [9.17, 15) is 4.79 Å². The SMILES string of the molecule is O=c1/c(=C/c2cc(Br)cc(Br)c2OCc2ccc(Cl)cc2Cl)sc2nc3ccccc3n12. The molecule has 9 heteroatoms. The number of ether oxygens (including phenoxy) is 1. The van der Waals surface area contributed by atoms with Gasteiger partial charge < -0.3 is 4.74 Å². The van der Waals surface area contributed by atoms with Crippen molar-refractivity contribution in [3.05, 3.63) is 99.6 Å². The lowest BCUT2D eigenvalue weighted by molar-refractivity contribution is 0.303. The predicted octanol–water partition coefficient (Wildman–Crippen LogP) is 6.87. The van der Waals surface area contributed by atoms with Crippen molar-refractivity contribution < 1.29 is 4.74 Å². The summed E-state index contributed by atoms with van der Waals surface area (Å²) in [6.45, 7) is 0.250. The molecule has 0 amide bonds. The van der Waals surface area contributed by atoms with Crippen LogP contribution >= 0.6 is 66.4 Å². The normalized spacial score (nSPS) is 12.2. The van der Waals surface area contributed by atoms with Crippen LogP contribution in [0.5, 0.6) is 5.75 Å². The Morgan fingerprint density at radius 1 is 1.09 bits per heavy atom. The second kappa shape index (κ2) is 8.80. The van der Waals surface area contributed by atoms with Crippen LogP contribution in [-0.2, 0) is 6.61 Å². The quantitative estimate of drug-likeness (QED) is 0.223. The molecule has 0 fully saturated rings. The number of hydrogen-bond donors (Lipinski definition) is 0. The first-order valence-corrected chi connectivity index (χ1v) is 12.5. The molecule has 0 aliphatic rings. The second-order valence-electron chi connectivity index (χ2n) is 6.96. The molecule has 0 spiro atoms. The van der Waals surface area contributed by atoms with E-state index in [-0.39, 0.29) is 12.2 Å². The number of halogens is 4. The molecule has 5 aromatic rings. The number of para-hydroxylation sites is 2. The highest BCUT2D eigenvalue weighted by Crippen LogP contribution is 2.35. The average Bonchev–Trinajstić information content (AvgIpc) is 3.25. The fraction of sp³-hybridized carbons (Fsp3) is 0.0435. The minimum Gasteiger partial charge on any atom is -0.487 e. The van der Waals surface area contributed by atoms with E-state index in [1.54, 1.807) is 16.5 Å². The molecule has 0 radical (unpaired) electrons. The minimum absolute atomic E-state index is 0.110. The van der Waals surface area contributed by atoms with Gasteiger partial charge in [-0.2, -0.15) is 0 Å². The third-order valence-electron chi connectivity index (χ3n) is 4.86. The van der Waals surface area contributed by atoms with Gasteiger partial charge in [-0.05, 0) is 58.4 Å². The predicted molar refractivity (Wildman–Crippen MR) is 138 cm³/mol. The number of aromatic nitrogens is 2. The fourth-order valence-corrected chi connectivity index (χ4v) is 6.20. The first-order valence-electron chi connectivity index (χ1n) is 9.38. The van der Waals surface area contributed by atoms with E-state index in [1.807, 2.05) is 48.5 Å². The number of hydrogen-bond acceptors (Lipinski definition) is 4. The summed E-state index contributed by atoms with van der Waals surface area (Å²) >= 11 is 20.7. The third-order valence-corrected chi connectivity index (χ3v) is 7.46. The van der Waals surface area contributed by atoms with Gasteiger partial charge >= 0.3 is 0 Å². The lowest BCUT2D eigenvalue weighted by Gasteiger charge is -2.13. The van der Waals surface area contributed by atoms with Gasteiger partial charge in [-0.1, -0.05) is 68.7 Å². The largest absolute Gasteiger partial charge is 0.487 e. The van der Waals surface area contributed by atoms with Crippen LogP contribution in [0.1, 0.15) is 11.1 Å². The molecule has 2 heterocycles. The van der Waals surface area contributed by atoms with Gasteiger partial charge in [0.25, 0.3) is 5.56 Å². The van der Waals surface area contributed by atoms with Crippen LogP contribution in [0.3, 0.4) is 0 Å². The van der Waals surface area contributed by atoms with E-state index in [0.717, 1.165) is 31.1 Å². The summed E-state index contributed by atoms with van der Waals surface area (Å²) in [5, 5.41) is 1.10. The van der Waals surface area contributed by atoms with Crippen molar-refractivity contribution in [2.45, 2.75) is 6.61 Å². The monoisotopic (exact) mass is 608 g/mol. The molecule has 0 atom stereocenters. The van der Waals surface area contributed by atoms with E-state index in [0.29, 0.717) is 25.3 Å². The zero-order valence-corrected chi connectivity index (χ0v) is 21.6. The molecule has 5 rings (SSSR count). The van der Waals surface area contributed by atoms with Crippen LogP contribution < -0.4 is 14.8 Å². The Morgan fingerprint density at radius 3 is 2.72 bits per heavy atom. The molecule has 0 aliphatic carbocycles. The van der Waals surface area contributed by atoms with Crippen LogP contribution in [0.15, 0.2) is 68.3 Å². The Balaban J connectivity index is 1.60. The highest BCUT2D eigenvalue weighted by Gasteiger charge is 2.14. The van der Waals surface area contributed by atoms with E-state index in [4.69, 9.17) is 27.9 Å². The smallest absolute Gasteiger partial charge is 0.274 e. The molecule has 0 unspecified atom stereocenters. The van der Waals surface area contributed by atoms with Crippen LogP contribution in [-0.4, -0.2) is 9.38 Å². The maximum Gasteiger partial charge on any atom is 0.274 e. The summed E-state index contributed by atoms with van der Waals surface area (Å²) in [6, 6.07) is 16.7. The van der Waals surface area contributed by atoms with E-state index in [2.05, 4.69) is 36.8 Å². The van der Waals surface area contributed by atoms with Gasteiger partial charge in [0.15, 0.2) is 4.96 Å². The lowest BCUT2D eigenvalue weighted by atomic mass is 10.2. The summed E-state index contributed by atoms with van der Waals surface area (Å²) in [7, 11) is 0. The highest BCUT2D eigenvalue weighted by atomic mass is 79.9. The van der Waals surface area contributed by atoms with Gasteiger partial charge in [0.2, 0.25) is 0 Å². The number of benzene rings is 3. The summed E-state index contributed by atoms with van der Waals surface area (Å²) in [5.74, 6) is 0.606. The summed E-state index contributed by atoms with van der Waals surface area (Å²) < 4.78 is 9.94. The molecule has 2 aromatic heterocycles. The van der Waals surface area contributed by atoms with Crippen LogP contribution in [0.2, 0.25) is 10.0 Å². The second-order valence-corrected chi connectivity index (χ2v) is 10.6. The van der Waals surface area contributed by atoms with Crippen LogP contribution in [0, 0.1) is 0 Å². The number of thiazole rings is 1. The van der Waals surface area contributed by atoms with Gasteiger partial charge in [-0.3, -0.25) is 4.79 Å². The summed E-state index contributed by atoms with van der Waals surface area (Å²) in [6.07, 6.45) is 1.82. The number of fused-ring (bicyclic) bond motifs is 3. The lowest BCUT2D eigenvalue weighted by Crippen LogP contribution is -2.22. The molecular formula is C23H12Br2Cl2N2O2S. The van der Waals surface area contributed by atoms with Crippen LogP contribution in [0.4, 0.5) is 0 Å². The highest BCUT2D eigenvalue weighted by molar-refractivity contribution is 9.11. The Hall–Kier alpha value is -1.90. The van der Waals surface area contributed by atoms with Gasteiger partial charge in [-0.25, -0.2) is 9.38 Å². The zero-order valence-electron chi connectivity index (χ0n) is 16.1. The number of nitrogens with zero attached hydrogens (tertiary/aromatic N) is 2. The third kappa shape index (κ3) is 4.08. The average molecular weight is 611 g/mol. The fourth-order valence-electron chi connectivity index (χ4n) is 3.38. The van der Waals surface area contributed by atoms with E-state index < -0.39 is 0 Å². The molecule has 0 saturated carbocycles. The molecule has 0 saturated heterocycles. The molecule has 32 heavy (non-hydrogen) atoms. The molecule has 160 valence electrons. The van der Waals surface area contributed by atoms with Crippen molar-refractivity contribution in [2.24, 2.45) is 0 Å². The summed E-state index contributed by atoms with van der Waals surface area (Å²) in [5.41, 5.74) is 3.05. The molecule has 4 nitrogen and oxygen atoms in total. The van der Waals surface area contributed by atoms with Crippen molar-refractivity contribution in [2.75, 3.05) is 0 Å². The Bertz CT molecular complexity index is 1610. The van der Waals surface area contributed by atoms with Crippen molar-refractivity contribution in [1.29, 1.82) is 0 Å². The maximum absolute atomic E-state index is 13.2. The van der Waals surface area contributed by atoms with E-state index >= 15 is 0 Å². The number of rotatable bonds is 4. The first kappa shape index (κ1) is 21.9. The number of imidazole rings is 1. The topological polar surface area (TPSA) is 43.6 Å². The molecule has 0 N–H and O–H groups in total. The standard InChI is InChI=1S/C23H12Br2Cl2N2O2S/c24-14-7-13(21(16(25)9-14)31-11-12-5-6-15(26)10-17(12)27)8-20-22(30)29-19-4-2-1-3-18(19)28-23(29)32-20/h1-10H,11H2/b20-8-. The molecule has 0 aliphatic heterocycles. The van der Waals surface area contributed by atoms with Gasteiger partial charge in [0.1, 0.15) is 12.4 Å². The Morgan fingerprint density at radius 2 is 1.91 bits per heavy atom. The minimum atomic E-state index is -0.110. The van der Waals surface area contributed by atoms with Crippen molar-refractivity contribution in [3.63, 3.8) is 0 Å². The van der Waals surface area contributed by atoms with Crippen molar-refractivity contribution in [3.8, 4) is 5.75 Å². The molecule has 0 bridgehead atoms. The maximum atomic E-state index is 13.2. The van der Waals surface area contributed by atoms with Gasteiger partial charge in [0, 0.05) is 25.6 Å². The Labute approximate surface area is 213 Å². The van der Waals surface area contributed by atoms with Gasteiger partial charge in [0.05, 0.1) is 20.0 Å². The van der Waals surface area contributed by atoms with Crippen LogP contribution in [0.25, 0.3) is 22.1 Å². The summed E-state index contributed by atoms with van der Waals surface area (Å²) in [4.78, 5) is 18.4. The Kier molecular flexibility index (Phi) is 6.03. The van der Waals surface area contributed by atoms with Crippen molar-refractivity contribution >= 4 is 88.5 Å². The molecule has 3 aromatic carbocycles. The van der Waals surface area contributed by atoms with Gasteiger partial charge in [-0.15, -0.1) is 0 Å². The van der Waals surface area contributed by atoms with E-state index in [1.165, 1.54) is 11.3 Å². The molecular weight excluding hydrogens is 599 g/mol.